The summed E-state index contributed by atoms with van der Waals surface area (Å²) < 4.78 is 0. The first-order chi connectivity index (χ1) is 9.25. The maximum absolute atomic E-state index is 12.3. The molecule has 0 bridgehead atoms. The molecule has 1 amide bonds. The van der Waals surface area contributed by atoms with Gasteiger partial charge in [-0.25, -0.2) is 0 Å². The van der Waals surface area contributed by atoms with Crippen LogP contribution in [0.15, 0.2) is 36.5 Å². The SMILES string of the molecule is C[C@@H]1CNC[C@H]1C(=O)Nc1cccc2cccnc12. The van der Waals surface area contributed by atoms with Gasteiger partial charge in [0.25, 0.3) is 0 Å². The number of aromatic nitrogens is 1. The third-order valence-corrected chi connectivity index (χ3v) is 3.74. The van der Waals surface area contributed by atoms with Crippen LogP contribution in [0.1, 0.15) is 6.92 Å². The van der Waals surface area contributed by atoms with Gasteiger partial charge in [-0.05, 0) is 24.6 Å². The number of anilines is 1. The van der Waals surface area contributed by atoms with Gasteiger partial charge in [0.15, 0.2) is 0 Å². The zero-order valence-corrected chi connectivity index (χ0v) is 10.9. The van der Waals surface area contributed by atoms with E-state index >= 15 is 0 Å². The Morgan fingerprint density at radius 1 is 1.32 bits per heavy atom. The number of hydrogen-bond acceptors (Lipinski definition) is 3. The van der Waals surface area contributed by atoms with Gasteiger partial charge in [-0.3, -0.25) is 9.78 Å². The minimum Gasteiger partial charge on any atom is -0.324 e. The molecule has 1 saturated heterocycles. The molecule has 2 heterocycles. The fourth-order valence-corrected chi connectivity index (χ4v) is 2.59. The van der Waals surface area contributed by atoms with Gasteiger partial charge < -0.3 is 10.6 Å². The van der Waals surface area contributed by atoms with Gasteiger partial charge in [-0.1, -0.05) is 25.1 Å². The number of carbonyl (C=O) groups excluding carboxylic acids is 1. The first-order valence-electron chi connectivity index (χ1n) is 6.61. The van der Waals surface area contributed by atoms with Crippen molar-refractivity contribution in [2.24, 2.45) is 11.8 Å². The molecule has 4 nitrogen and oxygen atoms in total. The fourth-order valence-electron chi connectivity index (χ4n) is 2.59. The number of amides is 1. The lowest BCUT2D eigenvalue weighted by Gasteiger charge is -2.15. The number of benzene rings is 1. The van der Waals surface area contributed by atoms with Crippen molar-refractivity contribution in [3.8, 4) is 0 Å². The molecule has 0 unspecified atom stereocenters. The number of fused-ring (bicyclic) bond motifs is 1. The van der Waals surface area contributed by atoms with Crippen molar-refractivity contribution < 1.29 is 4.79 Å². The molecule has 1 aromatic carbocycles. The number of pyridine rings is 1. The fraction of sp³-hybridized carbons (Fsp3) is 0.333. The van der Waals surface area contributed by atoms with Crippen molar-refractivity contribution in [2.45, 2.75) is 6.92 Å². The zero-order chi connectivity index (χ0) is 13.2. The lowest BCUT2D eigenvalue weighted by Crippen LogP contribution is -2.27. The van der Waals surface area contributed by atoms with Gasteiger partial charge in [-0.2, -0.15) is 0 Å². The van der Waals surface area contributed by atoms with Crippen LogP contribution < -0.4 is 10.6 Å². The number of hydrogen-bond donors (Lipinski definition) is 2. The van der Waals surface area contributed by atoms with Gasteiger partial charge in [0, 0.05) is 18.1 Å². The average Bonchev–Trinajstić information content (AvgIpc) is 2.85. The van der Waals surface area contributed by atoms with Crippen LogP contribution >= 0.6 is 0 Å². The topological polar surface area (TPSA) is 54.0 Å². The van der Waals surface area contributed by atoms with Gasteiger partial charge in [0.2, 0.25) is 5.91 Å². The van der Waals surface area contributed by atoms with E-state index in [1.54, 1.807) is 6.20 Å². The monoisotopic (exact) mass is 255 g/mol. The van der Waals surface area contributed by atoms with E-state index in [9.17, 15) is 4.79 Å². The van der Waals surface area contributed by atoms with Crippen LogP contribution in [0, 0.1) is 11.8 Å². The first kappa shape index (κ1) is 12.1. The molecule has 0 radical (unpaired) electrons. The average molecular weight is 255 g/mol. The summed E-state index contributed by atoms with van der Waals surface area (Å²) in [6.45, 7) is 3.77. The molecule has 1 aliphatic heterocycles. The molecule has 1 aromatic heterocycles. The molecule has 0 aliphatic carbocycles. The second-order valence-corrected chi connectivity index (χ2v) is 5.11. The second-order valence-electron chi connectivity index (χ2n) is 5.11. The largest absolute Gasteiger partial charge is 0.324 e. The predicted octanol–water partition coefficient (Wildman–Crippen LogP) is 2.03. The molecule has 19 heavy (non-hydrogen) atoms. The molecule has 4 heteroatoms. The highest BCUT2D eigenvalue weighted by molar-refractivity contribution is 6.01. The molecule has 98 valence electrons. The van der Waals surface area contributed by atoms with E-state index in [0.717, 1.165) is 29.7 Å². The third-order valence-electron chi connectivity index (χ3n) is 3.74. The van der Waals surface area contributed by atoms with E-state index in [0.29, 0.717) is 5.92 Å². The lowest BCUT2D eigenvalue weighted by atomic mass is 9.97. The van der Waals surface area contributed by atoms with Crippen molar-refractivity contribution in [1.29, 1.82) is 0 Å². The lowest BCUT2D eigenvalue weighted by molar-refractivity contribution is -0.120. The molecule has 2 atom stereocenters. The van der Waals surface area contributed by atoms with Gasteiger partial charge >= 0.3 is 0 Å². The number of nitrogens with zero attached hydrogens (tertiary/aromatic N) is 1. The number of rotatable bonds is 2. The van der Waals surface area contributed by atoms with Crippen LogP contribution in [0.4, 0.5) is 5.69 Å². The van der Waals surface area contributed by atoms with E-state index in [2.05, 4.69) is 22.5 Å². The third kappa shape index (κ3) is 2.31. The molecule has 2 N–H and O–H groups in total. The highest BCUT2D eigenvalue weighted by Crippen LogP contribution is 2.23. The summed E-state index contributed by atoms with van der Waals surface area (Å²) in [6.07, 6.45) is 1.75. The Balaban J connectivity index is 1.87. The van der Waals surface area contributed by atoms with Crippen molar-refractivity contribution in [2.75, 3.05) is 18.4 Å². The van der Waals surface area contributed by atoms with Crippen LogP contribution in [0.2, 0.25) is 0 Å². The van der Waals surface area contributed by atoms with Crippen LogP contribution in [0.25, 0.3) is 10.9 Å². The Bertz CT molecular complexity index is 606. The Kier molecular flexibility index (Phi) is 3.17. The normalized spacial score (nSPS) is 22.6. The van der Waals surface area contributed by atoms with Gasteiger partial charge in [-0.15, -0.1) is 0 Å². The van der Waals surface area contributed by atoms with E-state index in [-0.39, 0.29) is 11.8 Å². The summed E-state index contributed by atoms with van der Waals surface area (Å²) in [7, 11) is 0. The summed E-state index contributed by atoms with van der Waals surface area (Å²) >= 11 is 0. The van der Waals surface area contributed by atoms with Crippen molar-refractivity contribution in [3.05, 3.63) is 36.5 Å². The molecule has 1 fully saturated rings. The van der Waals surface area contributed by atoms with Crippen LogP contribution in [0.5, 0.6) is 0 Å². The maximum atomic E-state index is 12.3. The maximum Gasteiger partial charge on any atom is 0.229 e. The number of para-hydroxylation sites is 1. The Hall–Kier alpha value is -1.94. The van der Waals surface area contributed by atoms with E-state index in [1.165, 1.54) is 0 Å². The quantitative estimate of drug-likeness (QED) is 0.863. The van der Waals surface area contributed by atoms with Crippen molar-refractivity contribution >= 4 is 22.5 Å². The van der Waals surface area contributed by atoms with Crippen LogP contribution in [-0.4, -0.2) is 24.0 Å². The standard InChI is InChI=1S/C15H17N3O/c1-10-8-16-9-12(10)15(19)18-13-6-2-4-11-5-3-7-17-14(11)13/h2-7,10,12,16H,8-9H2,1H3,(H,18,19)/t10-,12-/m1/s1. The van der Waals surface area contributed by atoms with Crippen LogP contribution in [0.3, 0.4) is 0 Å². The summed E-state index contributed by atoms with van der Waals surface area (Å²) in [5.41, 5.74) is 1.64. The molecular weight excluding hydrogens is 238 g/mol. The number of carbonyl (C=O) groups is 1. The summed E-state index contributed by atoms with van der Waals surface area (Å²) in [6, 6.07) is 9.74. The van der Waals surface area contributed by atoms with Crippen molar-refractivity contribution in [3.63, 3.8) is 0 Å². The van der Waals surface area contributed by atoms with E-state index in [4.69, 9.17) is 0 Å². The summed E-state index contributed by atoms with van der Waals surface area (Å²) in [5, 5.41) is 7.31. The van der Waals surface area contributed by atoms with Crippen LogP contribution in [-0.2, 0) is 4.79 Å². The zero-order valence-electron chi connectivity index (χ0n) is 10.9. The molecule has 0 spiro atoms. The van der Waals surface area contributed by atoms with Gasteiger partial charge in [0.1, 0.15) is 0 Å². The Morgan fingerprint density at radius 3 is 2.95 bits per heavy atom. The highest BCUT2D eigenvalue weighted by Gasteiger charge is 2.29. The molecule has 3 rings (SSSR count). The highest BCUT2D eigenvalue weighted by atomic mass is 16.1. The Morgan fingerprint density at radius 2 is 2.16 bits per heavy atom. The first-order valence-corrected chi connectivity index (χ1v) is 6.61. The van der Waals surface area contributed by atoms with E-state index < -0.39 is 0 Å². The van der Waals surface area contributed by atoms with Gasteiger partial charge in [0.05, 0.1) is 17.1 Å². The second kappa shape index (κ2) is 4.97. The van der Waals surface area contributed by atoms with E-state index in [1.807, 2.05) is 30.3 Å². The molecule has 2 aromatic rings. The minimum absolute atomic E-state index is 0.0407. The summed E-state index contributed by atoms with van der Waals surface area (Å²) in [4.78, 5) is 16.6. The number of nitrogens with one attached hydrogen (secondary N) is 2. The molecule has 1 aliphatic rings. The van der Waals surface area contributed by atoms with Crippen molar-refractivity contribution in [1.82, 2.24) is 10.3 Å². The smallest absolute Gasteiger partial charge is 0.229 e. The molecular formula is C15H17N3O. The Labute approximate surface area is 112 Å². The summed E-state index contributed by atoms with van der Waals surface area (Å²) in [5.74, 6) is 0.498. The minimum atomic E-state index is 0.0407. The molecule has 0 saturated carbocycles. The predicted molar refractivity (Wildman–Crippen MR) is 75.9 cm³/mol.